The van der Waals surface area contributed by atoms with Gasteiger partial charge in [0, 0.05) is 18.3 Å². The molecular weight excluding hydrogens is 390 g/mol. The number of anilines is 1. The van der Waals surface area contributed by atoms with Crippen LogP contribution in [-0.2, 0) is 15.5 Å². The van der Waals surface area contributed by atoms with Crippen molar-refractivity contribution in [2.24, 2.45) is 5.41 Å². The number of hydrogen-bond donors (Lipinski definition) is 2. The van der Waals surface area contributed by atoms with E-state index in [4.69, 9.17) is 4.74 Å². The lowest BCUT2D eigenvalue weighted by Gasteiger charge is -2.53. The Kier molecular flexibility index (Phi) is 5.86. The molecule has 2 bridgehead atoms. The number of nitriles is 1. The van der Waals surface area contributed by atoms with Crippen molar-refractivity contribution >= 4 is 22.7 Å². The number of carbonyl (C=O) groups excluding carboxylic acids is 1. The van der Waals surface area contributed by atoms with Crippen molar-refractivity contribution < 1.29 is 13.7 Å². The minimum Gasteiger partial charge on any atom is -0.444 e. The van der Waals surface area contributed by atoms with Gasteiger partial charge in [0.15, 0.2) is 0 Å². The quantitative estimate of drug-likeness (QED) is 0.704. The molecule has 1 aromatic heterocycles. The van der Waals surface area contributed by atoms with Gasteiger partial charge < -0.3 is 15.4 Å². The molecule has 4 rings (SSSR count). The third kappa shape index (κ3) is 5.04. The number of nitrogens with one attached hydrogen (secondary N) is 2. The Balaban J connectivity index is 1.62. The van der Waals surface area contributed by atoms with E-state index in [0.717, 1.165) is 38.5 Å². The molecule has 0 radical (unpaired) electrons. The number of fused-ring (bicyclic) bond motifs is 3. The van der Waals surface area contributed by atoms with Crippen LogP contribution >= 0.6 is 0 Å². The average Bonchev–Trinajstić information content (AvgIpc) is 2.66. The molecular formula is C20H29N5O3S. The standard InChI is InChI=1S/C20H29N5O3S/c1-18(2,3)28-17(26)25-20-8-5-19(6-9-20,7-10-20)13-23-15-14(11-21)12-22-16(24-15)29(4)27/h12H,5-10,13H2,1-4H3,(H,25,26)(H,22,23,24). The van der Waals surface area contributed by atoms with Gasteiger partial charge in [-0.3, -0.25) is 4.21 Å². The summed E-state index contributed by atoms with van der Waals surface area (Å²) in [6, 6.07) is 2.09. The van der Waals surface area contributed by atoms with E-state index >= 15 is 0 Å². The summed E-state index contributed by atoms with van der Waals surface area (Å²) >= 11 is 0. The van der Waals surface area contributed by atoms with Crippen LogP contribution in [0.25, 0.3) is 0 Å². The first-order valence-corrected chi connectivity index (χ1v) is 11.5. The van der Waals surface area contributed by atoms with Gasteiger partial charge in [0.05, 0.1) is 17.0 Å². The summed E-state index contributed by atoms with van der Waals surface area (Å²) in [6.45, 7) is 6.29. The summed E-state index contributed by atoms with van der Waals surface area (Å²) in [7, 11) is -1.30. The second-order valence-corrected chi connectivity index (χ2v) is 10.5. The van der Waals surface area contributed by atoms with Crippen LogP contribution in [0.15, 0.2) is 11.4 Å². The molecule has 0 spiro atoms. The number of alkyl carbamates (subject to hydrolysis) is 1. The van der Waals surface area contributed by atoms with E-state index in [-0.39, 0.29) is 22.2 Å². The second-order valence-electron chi connectivity index (χ2n) is 9.24. The highest BCUT2D eigenvalue weighted by molar-refractivity contribution is 7.84. The highest BCUT2D eigenvalue weighted by atomic mass is 32.2. The molecule has 1 atom stereocenters. The first-order valence-electron chi connectivity index (χ1n) is 9.91. The van der Waals surface area contributed by atoms with Gasteiger partial charge in [-0.2, -0.15) is 5.26 Å². The van der Waals surface area contributed by atoms with Crippen LogP contribution in [-0.4, -0.2) is 44.2 Å². The molecule has 158 valence electrons. The van der Waals surface area contributed by atoms with Crippen LogP contribution in [0.2, 0.25) is 0 Å². The largest absolute Gasteiger partial charge is 0.444 e. The second kappa shape index (κ2) is 7.90. The zero-order chi connectivity index (χ0) is 21.3. The van der Waals surface area contributed by atoms with Crippen molar-refractivity contribution in [1.82, 2.24) is 15.3 Å². The number of rotatable bonds is 5. The molecule has 1 amide bonds. The number of ether oxygens (including phenoxy) is 1. The molecule has 1 unspecified atom stereocenters. The Hall–Kier alpha value is -2.21. The molecule has 3 aliphatic rings. The SMILES string of the molecule is CS(=O)c1ncc(C#N)c(NCC23CCC(NC(=O)OC(C)(C)C)(CC2)CC3)n1. The summed E-state index contributed by atoms with van der Waals surface area (Å²) in [5.41, 5.74) is -0.221. The summed E-state index contributed by atoms with van der Waals surface area (Å²) in [5.74, 6) is 0.441. The van der Waals surface area contributed by atoms with Crippen LogP contribution in [0.3, 0.4) is 0 Å². The maximum Gasteiger partial charge on any atom is 0.408 e. The number of hydrogen-bond acceptors (Lipinski definition) is 7. The molecule has 0 aliphatic heterocycles. The molecule has 3 fully saturated rings. The van der Waals surface area contributed by atoms with Crippen molar-refractivity contribution in [3.05, 3.63) is 11.8 Å². The molecule has 8 nitrogen and oxygen atoms in total. The smallest absolute Gasteiger partial charge is 0.408 e. The lowest BCUT2D eigenvalue weighted by molar-refractivity contribution is 0.00950. The van der Waals surface area contributed by atoms with Gasteiger partial charge >= 0.3 is 6.09 Å². The third-order valence-corrected chi connectivity index (χ3v) is 6.65. The molecule has 0 aromatic carbocycles. The molecule has 2 N–H and O–H groups in total. The molecule has 9 heteroatoms. The molecule has 29 heavy (non-hydrogen) atoms. The van der Waals surface area contributed by atoms with E-state index in [1.165, 1.54) is 12.5 Å². The fourth-order valence-electron chi connectivity index (χ4n) is 4.23. The van der Waals surface area contributed by atoms with Crippen molar-refractivity contribution in [3.8, 4) is 6.07 Å². The lowest BCUT2D eigenvalue weighted by Crippen LogP contribution is -2.58. The number of nitrogens with zero attached hydrogens (tertiary/aromatic N) is 3. The maximum atomic E-state index is 12.2. The minimum atomic E-state index is -1.30. The fourth-order valence-corrected chi connectivity index (χ4v) is 4.65. The number of aromatic nitrogens is 2. The highest BCUT2D eigenvalue weighted by Gasteiger charge is 2.49. The van der Waals surface area contributed by atoms with Gasteiger partial charge in [0.25, 0.3) is 0 Å². The molecule has 1 heterocycles. The van der Waals surface area contributed by atoms with E-state index in [1.807, 2.05) is 20.8 Å². The van der Waals surface area contributed by atoms with E-state index < -0.39 is 16.4 Å². The van der Waals surface area contributed by atoms with Crippen LogP contribution in [0.4, 0.5) is 10.6 Å². The van der Waals surface area contributed by atoms with Gasteiger partial charge in [0.1, 0.15) is 23.1 Å². The lowest BCUT2D eigenvalue weighted by atomic mass is 9.57. The predicted molar refractivity (Wildman–Crippen MR) is 110 cm³/mol. The van der Waals surface area contributed by atoms with E-state index in [0.29, 0.717) is 17.9 Å². The molecule has 3 saturated carbocycles. The average molecular weight is 420 g/mol. The van der Waals surface area contributed by atoms with Crippen LogP contribution in [0, 0.1) is 16.7 Å². The number of carbonyl (C=O) groups is 1. The summed E-state index contributed by atoms with van der Waals surface area (Å²) in [5, 5.41) is 16.0. The normalized spacial score (nSPS) is 27.0. The van der Waals surface area contributed by atoms with Gasteiger partial charge in [-0.15, -0.1) is 0 Å². The Bertz CT molecular complexity index is 834. The first-order chi connectivity index (χ1) is 13.6. The van der Waals surface area contributed by atoms with Gasteiger partial charge in [-0.25, -0.2) is 14.8 Å². The van der Waals surface area contributed by atoms with Crippen LogP contribution in [0.5, 0.6) is 0 Å². The fraction of sp³-hybridized carbons (Fsp3) is 0.700. The topological polar surface area (TPSA) is 117 Å². The monoisotopic (exact) mass is 419 g/mol. The van der Waals surface area contributed by atoms with E-state index in [2.05, 4.69) is 26.7 Å². The highest BCUT2D eigenvalue weighted by Crippen LogP contribution is 2.52. The first kappa shape index (κ1) is 21.5. The zero-order valence-corrected chi connectivity index (χ0v) is 18.3. The summed E-state index contributed by atoms with van der Waals surface area (Å²) in [4.78, 5) is 20.5. The van der Waals surface area contributed by atoms with E-state index in [1.54, 1.807) is 0 Å². The minimum absolute atomic E-state index is 0.112. The molecule has 1 aromatic rings. The summed E-state index contributed by atoms with van der Waals surface area (Å²) < 4.78 is 17.1. The van der Waals surface area contributed by atoms with Crippen LogP contribution < -0.4 is 10.6 Å². The molecule has 0 saturated heterocycles. The third-order valence-electron chi connectivity index (χ3n) is 5.94. The Morgan fingerprint density at radius 1 is 1.28 bits per heavy atom. The van der Waals surface area contributed by atoms with Gasteiger partial charge in [0.2, 0.25) is 5.16 Å². The van der Waals surface area contributed by atoms with Crippen molar-refractivity contribution in [3.63, 3.8) is 0 Å². The van der Waals surface area contributed by atoms with Crippen molar-refractivity contribution in [2.75, 3.05) is 18.1 Å². The van der Waals surface area contributed by atoms with E-state index in [9.17, 15) is 14.3 Å². The van der Waals surface area contributed by atoms with Gasteiger partial charge in [-0.05, 0) is 64.7 Å². The maximum absolute atomic E-state index is 12.2. The molecule has 3 aliphatic carbocycles. The Labute approximate surface area is 174 Å². The van der Waals surface area contributed by atoms with Crippen LogP contribution in [0.1, 0.15) is 64.9 Å². The number of amides is 1. The van der Waals surface area contributed by atoms with Crippen molar-refractivity contribution in [1.29, 1.82) is 5.26 Å². The Morgan fingerprint density at radius 3 is 2.41 bits per heavy atom. The van der Waals surface area contributed by atoms with Crippen molar-refractivity contribution in [2.45, 2.75) is 75.6 Å². The van der Waals surface area contributed by atoms with Gasteiger partial charge in [-0.1, -0.05) is 0 Å². The predicted octanol–water partition coefficient (Wildman–Crippen LogP) is 3.12. The summed E-state index contributed by atoms with van der Waals surface area (Å²) in [6.07, 6.45) is 8.27. The zero-order valence-electron chi connectivity index (χ0n) is 17.5. The Morgan fingerprint density at radius 2 is 1.90 bits per heavy atom.